The van der Waals surface area contributed by atoms with Crippen molar-refractivity contribution in [2.24, 2.45) is 0 Å². The molecule has 8 nitrogen and oxygen atoms in total. The molecular weight excluding hydrogens is 394 g/mol. The molecule has 0 radical (unpaired) electrons. The van der Waals surface area contributed by atoms with E-state index in [-0.39, 0.29) is 11.9 Å². The van der Waals surface area contributed by atoms with Crippen LogP contribution in [0.5, 0.6) is 5.75 Å². The van der Waals surface area contributed by atoms with Gasteiger partial charge in [-0.25, -0.2) is 4.98 Å². The number of imidazole rings is 1. The number of benzene rings is 2. The summed E-state index contributed by atoms with van der Waals surface area (Å²) in [5.41, 5.74) is 3.77. The van der Waals surface area contributed by atoms with Crippen LogP contribution < -0.4 is 4.74 Å². The molecule has 5 rings (SSSR count). The van der Waals surface area contributed by atoms with Crippen LogP contribution in [-0.4, -0.2) is 44.6 Å². The molecule has 0 spiro atoms. The van der Waals surface area contributed by atoms with Gasteiger partial charge in [-0.1, -0.05) is 29.4 Å². The summed E-state index contributed by atoms with van der Waals surface area (Å²) in [5.74, 6) is 2.18. The summed E-state index contributed by atoms with van der Waals surface area (Å²) < 4.78 is 10.6. The number of likely N-dealkylation sites (tertiary alicyclic amines) is 1. The second-order valence-corrected chi connectivity index (χ2v) is 7.60. The monoisotopic (exact) mass is 415 g/mol. The van der Waals surface area contributed by atoms with Crippen molar-refractivity contribution < 1.29 is 14.1 Å². The molecule has 1 unspecified atom stereocenters. The zero-order valence-corrected chi connectivity index (χ0v) is 17.3. The Kier molecular flexibility index (Phi) is 4.54. The molecule has 31 heavy (non-hydrogen) atoms. The number of aromatic nitrogens is 4. The van der Waals surface area contributed by atoms with Crippen LogP contribution >= 0.6 is 0 Å². The van der Waals surface area contributed by atoms with Crippen molar-refractivity contribution in [3.8, 4) is 17.2 Å². The van der Waals surface area contributed by atoms with E-state index in [9.17, 15) is 4.79 Å². The molecule has 1 saturated heterocycles. The fourth-order valence-corrected chi connectivity index (χ4v) is 3.97. The summed E-state index contributed by atoms with van der Waals surface area (Å²) in [5, 5.41) is 3.85. The first-order valence-corrected chi connectivity index (χ1v) is 9.94. The van der Waals surface area contributed by atoms with E-state index in [1.807, 2.05) is 36.4 Å². The number of nitrogens with one attached hydrogen (secondary N) is 1. The molecule has 1 aliphatic rings. The number of fused-ring (bicyclic) bond motifs is 1. The average molecular weight is 415 g/mol. The third-order valence-electron chi connectivity index (χ3n) is 5.45. The van der Waals surface area contributed by atoms with E-state index >= 15 is 0 Å². The van der Waals surface area contributed by atoms with Crippen LogP contribution in [0.4, 0.5) is 0 Å². The van der Waals surface area contributed by atoms with Crippen LogP contribution in [0.1, 0.15) is 34.5 Å². The number of aromatic amines is 1. The van der Waals surface area contributed by atoms with Crippen LogP contribution in [0.15, 0.2) is 59.1 Å². The number of carbonyl (C=O) groups excluding carboxylic acids is 1. The number of rotatable bonds is 4. The fraction of sp³-hybridized carbons (Fsp3) is 0.217. The lowest BCUT2D eigenvalue weighted by molar-refractivity contribution is 0.0733. The molecule has 0 bridgehead atoms. The SMILES string of the molecule is C=C1CC(c2nc3ccc(OC)cc3[nH]2)N(C(=O)c2ccccc2-c2nc(C)no2)C1. The lowest BCUT2D eigenvalue weighted by atomic mass is 10.1. The number of hydrogen-bond acceptors (Lipinski definition) is 6. The summed E-state index contributed by atoms with van der Waals surface area (Å²) in [7, 11) is 1.63. The smallest absolute Gasteiger partial charge is 0.258 e. The van der Waals surface area contributed by atoms with Gasteiger partial charge in [0.05, 0.1) is 35.3 Å². The van der Waals surface area contributed by atoms with Gasteiger partial charge in [0.2, 0.25) is 0 Å². The van der Waals surface area contributed by atoms with Crippen LogP contribution in [0.2, 0.25) is 0 Å². The van der Waals surface area contributed by atoms with Gasteiger partial charge in [0.1, 0.15) is 11.6 Å². The van der Waals surface area contributed by atoms with Gasteiger partial charge >= 0.3 is 0 Å². The van der Waals surface area contributed by atoms with Gasteiger partial charge in [-0.2, -0.15) is 4.98 Å². The molecule has 1 amide bonds. The van der Waals surface area contributed by atoms with Gasteiger partial charge in [0.15, 0.2) is 5.82 Å². The summed E-state index contributed by atoms with van der Waals surface area (Å²) in [6.07, 6.45) is 0.643. The Morgan fingerprint density at radius 1 is 1.26 bits per heavy atom. The molecule has 4 aromatic rings. The minimum atomic E-state index is -0.240. The van der Waals surface area contributed by atoms with Crippen molar-refractivity contribution in [3.63, 3.8) is 0 Å². The molecule has 0 saturated carbocycles. The largest absolute Gasteiger partial charge is 0.497 e. The van der Waals surface area contributed by atoms with Crippen molar-refractivity contribution in [1.29, 1.82) is 0 Å². The quantitative estimate of drug-likeness (QED) is 0.505. The molecule has 0 aliphatic carbocycles. The first-order chi connectivity index (χ1) is 15.0. The predicted octanol–water partition coefficient (Wildman–Crippen LogP) is 4.07. The highest BCUT2D eigenvalue weighted by molar-refractivity contribution is 6.00. The number of carbonyl (C=O) groups is 1. The van der Waals surface area contributed by atoms with Crippen LogP contribution in [0.3, 0.4) is 0 Å². The third kappa shape index (κ3) is 3.35. The molecule has 1 aliphatic heterocycles. The summed E-state index contributed by atoms with van der Waals surface area (Å²) in [4.78, 5) is 27.8. The van der Waals surface area contributed by atoms with Gasteiger partial charge in [0, 0.05) is 12.6 Å². The molecule has 8 heteroatoms. The Labute approximate surface area is 178 Å². The van der Waals surface area contributed by atoms with Crippen molar-refractivity contribution >= 4 is 16.9 Å². The summed E-state index contributed by atoms with van der Waals surface area (Å²) >= 11 is 0. The van der Waals surface area contributed by atoms with Gasteiger partial charge < -0.3 is 19.1 Å². The Hall–Kier alpha value is -3.94. The number of H-pyrrole nitrogens is 1. The normalized spacial score (nSPS) is 16.3. The van der Waals surface area contributed by atoms with Crippen molar-refractivity contribution in [1.82, 2.24) is 25.0 Å². The first kappa shape index (κ1) is 19.0. The number of nitrogens with zero attached hydrogens (tertiary/aromatic N) is 4. The highest BCUT2D eigenvalue weighted by Crippen LogP contribution is 2.36. The zero-order chi connectivity index (χ0) is 21.5. The second-order valence-electron chi connectivity index (χ2n) is 7.60. The topological polar surface area (TPSA) is 97.1 Å². The third-order valence-corrected chi connectivity index (χ3v) is 5.45. The van der Waals surface area contributed by atoms with Crippen molar-refractivity contribution in [2.45, 2.75) is 19.4 Å². The fourth-order valence-electron chi connectivity index (χ4n) is 3.97. The van der Waals surface area contributed by atoms with Crippen molar-refractivity contribution in [2.75, 3.05) is 13.7 Å². The molecule has 3 heterocycles. The Balaban J connectivity index is 1.53. The number of ether oxygens (including phenoxy) is 1. The van der Waals surface area contributed by atoms with E-state index in [0.717, 1.165) is 28.2 Å². The van der Waals surface area contributed by atoms with E-state index < -0.39 is 0 Å². The maximum Gasteiger partial charge on any atom is 0.258 e. The molecule has 1 fully saturated rings. The maximum atomic E-state index is 13.6. The first-order valence-electron chi connectivity index (χ1n) is 9.94. The van der Waals surface area contributed by atoms with Gasteiger partial charge in [-0.05, 0) is 37.6 Å². The molecule has 2 aromatic heterocycles. The predicted molar refractivity (Wildman–Crippen MR) is 115 cm³/mol. The maximum absolute atomic E-state index is 13.6. The number of methoxy groups -OCH3 is 1. The number of aryl methyl sites for hydroxylation is 1. The van der Waals surface area contributed by atoms with Gasteiger partial charge in [-0.3, -0.25) is 4.79 Å². The highest BCUT2D eigenvalue weighted by Gasteiger charge is 2.36. The molecular formula is C23H21N5O3. The number of amides is 1. The van der Waals surface area contributed by atoms with Crippen LogP contribution in [0.25, 0.3) is 22.5 Å². The molecule has 2 aromatic carbocycles. The lowest BCUT2D eigenvalue weighted by Gasteiger charge is -2.23. The zero-order valence-electron chi connectivity index (χ0n) is 17.3. The Morgan fingerprint density at radius 2 is 2.10 bits per heavy atom. The Bertz CT molecular complexity index is 1310. The summed E-state index contributed by atoms with van der Waals surface area (Å²) in [6, 6.07) is 12.7. The Morgan fingerprint density at radius 3 is 2.87 bits per heavy atom. The standard InChI is InChI=1S/C23H21N5O3/c1-13-10-20(21-25-18-9-8-15(30-3)11-19(18)26-21)28(12-13)23(29)17-7-5-4-6-16(17)22-24-14(2)27-31-22/h4-9,11,20H,1,10,12H2,2-3H3,(H,25,26). The van der Waals surface area contributed by atoms with Crippen molar-refractivity contribution in [3.05, 3.63) is 71.8 Å². The number of hydrogen-bond donors (Lipinski definition) is 1. The van der Waals surface area contributed by atoms with E-state index in [1.165, 1.54) is 0 Å². The molecule has 1 N–H and O–H groups in total. The summed E-state index contributed by atoms with van der Waals surface area (Å²) in [6.45, 7) is 6.33. The van der Waals surface area contributed by atoms with E-state index in [4.69, 9.17) is 14.2 Å². The molecule has 156 valence electrons. The van der Waals surface area contributed by atoms with E-state index in [1.54, 1.807) is 25.0 Å². The highest BCUT2D eigenvalue weighted by atomic mass is 16.5. The second kappa shape index (κ2) is 7.39. The lowest BCUT2D eigenvalue weighted by Crippen LogP contribution is -2.31. The minimum absolute atomic E-state index is 0.131. The average Bonchev–Trinajstić information content (AvgIpc) is 3.50. The van der Waals surface area contributed by atoms with Gasteiger partial charge in [0.25, 0.3) is 11.8 Å². The molecule has 1 atom stereocenters. The van der Waals surface area contributed by atoms with Gasteiger partial charge in [-0.15, -0.1) is 0 Å². The van der Waals surface area contributed by atoms with E-state index in [2.05, 4.69) is 21.7 Å². The minimum Gasteiger partial charge on any atom is -0.497 e. The van der Waals surface area contributed by atoms with Crippen LogP contribution in [0, 0.1) is 6.92 Å². The van der Waals surface area contributed by atoms with E-state index in [0.29, 0.717) is 35.8 Å². The van der Waals surface area contributed by atoms with Crippen LogP contribution in [-0.2, 0) is 0 Å².